The summed E-state index contributed by atoms with van der Waals surface area (Å²) in [5.74, 6) is 0. The first-order chi connectivity index (χ1) is 5.56. The average Bonchev–Trinajstić information content (AvgIpc) is 2.07. The van der Waals surface area contributed by atoms with Gasteiger partial charge in [-0.2, -0.15) is 0 Å². The lowest BCUT2D eigenvalue weighted by molar-refractivity contribution is 0.482. The van der Waals surface area contributed by atoms with Crippen molar-refractivity contribution in [1.82, 2.24) is 0 Å². The molecule has 78 valence electrons. The molecule has 0 fully saturated rings. The third-order valence-corrected chi connectivity index (χ3v) is 2.07. The van der Waals surface area contributed by atoms with Gasteiger partial charge in [0.15, 0.2) is 7.37 Å². The standard InChI is InChI=1S/C5H13O2P.2C2H6/c1-3-4-5-8(2,6)7;2*1-2/h3-5H2,1-2H3,(H,6,7);2*1-2H3. The highest BCUT2D eigenvalue weighted by molar-refractivity contribution is 7.57. The smallest absolute Gasteiger partial charge is 0.197 e. The van der Waals surface area contributed by atoms with Gasteiger partial charge in [-0.25, -0.2) is 0 Å². The Morgan fingerprint density at radius 1 is 1.17 bits per heavy atom. The van der Waals surface area contributed by atoms with Crippen molar-refractivity contribution in [1.29, 1.82) is 0 Å². The Morgan fingerprint density at radius 2 is 1.50 bits per heavy atom. The van der Waals surface area contributed by atoms with Gasteiger partial charge in [0.1, 0.15) is 0 Å². The summed E-state index contributed by atoms with van der Waals surface area (Å²) in [6.45, 7) is 11.4. The van der Waals surface area contributed by atoms with Gasteiger partial charge in [0.2, 0.25) is 0 Å². The van der Waals surface area contributed by atoms with Crippen molar-refractivity contribution in [2.24, 2.45) is 0 Å². The van der Waals surface area contributed by atoms with E-state index in [9.17, 15) is 4.57 Å². The van der Waals surface area contributed by atoms with E-state index in [0.717, 1.165) is 12.8 Å². The lowest BCUT2D eigenvalue weighted by atomic mass is 10.4. The van der Waals surface area contributed by atoms with Crippen LogP contribution in [-0.4, -0.2) is 17.7 Å². The SMILES string of the molecule is CC.CC.CCCCP(C)(=O)O. The van der Waals surface area contributed by atoms with E-state index in [4.69, 9.17) is 4.89 Å². The Morgan fingerprint density at radius 3 is 1.58 bits per heavy atom. The summed E-state index contributed by atoms with van der Waals surface area (Å²) in [5, 5.41) is 0. The molecule has 2 nitrogen and oxygen atoms in total. The lowest BCUT2D eigenvalue weighted by Crippen LogP contribution is -1.84. The quantitative estimate of drug-likeness (QED) is 0.698. The Hall–Kier alpha value is 0.190. The van der Waals surface area contributed by atoms with Gasteiger partial charge in [-0.15, -0.1) is 0 Å². The second-order valence-electron chi connectivity index (χ2n) is 2.13. The van der Waals surface area contributed by atoms with Crippen LogP contribution < -0.4 is 0 Å². The molecule has 0 spiro atoms. The fraction of sp³-hybridized carbons (Fsp3) is 1.00. The molecule has 0 aromatic heterocycles. The van der Waals surface area contributed by atoms with Crippen molar-refractivity contribution in [2.75, 3.05) is 12.8 Å². The maximum absolute atomic E-state index is 10.5. The first kappa shape index (κ1) is 18.1. The lowest BCUT2D eigenvalue weighted by Gasteiger charge is -2.00. The summed E-state index contributed by atoms with van der Waals surface area (Å²) < 4.78 is 10.5. The van der Waals surface area contributed by atoms with Crippen molar-refractivity contribution in [3.05, 3.63) is 0 Å². The van der Waals surface area contributed by atoms with Crippen LogP contribution in [0.25, 0.3) is 0 Å². The molecule has 0 amide bonds. The molecule has 0 radical (unpaired) electrons. The molecule has 0 saturated heterocycles. The van der Waals surface area contributed by atoms with Crippen molar-refractivity contribution < 1.29 is 9.46 Å². The normalized spacial score (nSPS) is 12.9. The molecule has 0 rings (SSSR count). The number of rotatable bonds is 3. The number of hydrogen-bond donors (Lipinski definition) is 1. The van der Waals surface area contributed by atoms with Crippen LogP contribution in [-0.2, 0) is 4.57 Å². The molecule has 0 saturated carbocycles. The number of hydrogen-bond acceptors (Lipinski definition) is 1. The van der Waals surface area contributed by atoms with E-state index in [2.05, 4.69) is 0 Å². The number of unbranched alkanes of at least 4 members (excludes halogenated alkanes) is 1. The maximum Gasteiger partial charge on any atom is 0.197 e. The highest BCUT2D eigenvalue weighted by Crippen LogP contribution is 2.35. The molecule has 0 bridgehead atoms. The zero-order chi connectivity index (χ0) is 10.6. The van der Waals surface area contributed by atoms with Crippen LogP contribution in [0.15, 0.2) is 0 Å². The summed E-state index contributed by atoms with van der Waals surface area (Å²) in [6.07, 6.45) is 2.34. The minimum atomic E-state index is -2.68. The van der Waals surface area contributed by atoms with Crippen molar-refractivity contribution in [3.63, 3.8) is 0 Å². The minimum absolute atomic E-state index is 0.476. The zero-order valence-corrected chi connectivity index (χ0v) is 10.3. The van der Waals surface area contributed by atoms with Gasteiger partial charge in [0, 0.05) is 12.8 Å². The van der Waals surface area contributed by atoms with Crippen molar-refractivity contribution >= 4 is 7.37 Å². The molecule has 1 N–H and O–H groups in total. The zero-order valence-electron chi connectivity index (χ0n) is 9.42. The van der Waals surface area contributed by atoms with E-state index in [-0.39, 0.29) is 0 Å². The highest BCUT2D eigenvalue weighted by atomic mass is 31.2. The van der Waals surface area contributed by atoms with E-state index < -0.39 is 7.37 Å². The van der Waals surface area contributed by atoms with Crippen LogP contribution in [0, 0.1) is 0 Å². The topological polar surface area (TPSA) is 37.3 Å². The summed E-state index contributed by atoms with van der Waals surface area (Å²) >= 11 is 0. The van der Waals surface area contributed by atoms with Crippen LogP contribution >= 0.6 is 7.37 Å². The van der Waals surface area contributed by atoms with Crippen LogP contribution in [0.1, 0.15) is 47.5 Å². The Labute approximate surface area is 77.8 Å². The molecule has 3 heteroatoms. The van der Waals surface area contributed by atoms with Gasteiger partial charge >= 0.3 is 0 Å². The maximum atomic E-state index is 10.5. The van der Waals surface area contributed by atoms with Crippen LogP contribution in [0.4, 0.5) is 0 Å². The summed E-state index contributed by atoms with van der Waals surface area (Å²) in [5.41, 5.74) is 0. The molecule has 0 aliphatic heterocycles. The summed E-state index contributed by atoms with van der Waals surface area (Å²) in [6, 6.07) is 0. The van der Waals surface area contributed by atoms with Crippen LogP contribution in [0.2, 0.25) is 0 Å². The van der Waals surface area contributed by atoms with E-state index >= 15 is 0 Å². The first-order valence-corrected chi connectivity index (χ1v) is 7.15. The Balaban J connectivity index is -0.000000175. The highest BCUT2D eigenvalue weighted by Gasteiger charge is 2.06. The van der Waals surface area contributed by atoms with Gasteiger partial charge in [-0.3, -0.25) is 4.57 Å². The van der Waals surface area contributed by atoms with E-state index in [1.165, 1.54) is 6.66 Å². The molecule has 0 heterocycles. The third-order valence-electron chi connectivity index (χ3n) is 0.927. The molecule has 0 aliphatic rings. The fourth-order valence-electron chi connectivity index (χ4n) is 0.451. The predicted molar refractivity (Wildman–Crippen MR) is 58.2 cm³/mol. The second-order valence-corrected chi connectivity index (χ2v) is 4.68. The van der Waals surface area contributed by atoms with E-state index in [1.54, 1.807) is 0 Å². The Bertz CT molecular complexity index is 96.7. The van der Waals surface area contributed by atoms with Crippen molar-refractivity contribution in [3.8, 4) is 0 Å². The molecule has 0 aromatic carbocycles. The molecule has 1 unspecified atom stereocenters. The average molecular weight is 196 g/mol. The van der Waals surface area contributed by atoms with Gasteiger partial charge in [0.05, 0.1) is 0 Å². The monoisotopic (exact) mass is 196 g/mol. The van der Waals surface area contributed by atoms with Gasteiger partial charge < -0.3 is 4.89 Å². The van der Waals surface area contributed by atoms with Gasteiger partial charge in [-0.05, 0) is 6.42 Å². The summed E-state index contributed by atoms with van der Waals surface area (Å²) in [7, 11) is -2.68. The predicted octanol–water partition coefficient (Wildman–Crippen LogP) is 3.74. The van der Waals surface area contributed by atoms with Gasteiger partial charge in [-0.1, -0.05) is 41.0 Å². The van der Waals surface area contributed by atoms with Crippen molar-refractivity contribution in [2.45, 2.75) is 47.5 Å². The molecule has 0 aromatic rings. The molecule has 1 atom stereocenters. The van der Waals surface area contributed by atoms with Crippen LogP contribution in [0.3, 0.4) is 0 Å². The fourth-order valence-corrected chi connectivity index (χ4v) is 1.35. The molecular weight excluding hydrogens is 171 g/mol. The Kier molecular flexibility index (Phi) is 20.7. The van der Waals surface area contributed by atoms with Crippen LogP contribution in [0.5, 0.6) is 0 Å². The second kappa shape index (κ2) is 13.8. The molecule has 0 aliphatic carbocycles. The van der Waals surface area contributed by atoms with E-state index in [1.807, 2.05) is 34.6 Å². The first-order valence-electron chi connectivity index (χ1n) is 4.85. The molecular formula is C9H25O2P. The molecule has 12 heavy (non-hydrogen) atoms. The van der Waals surface area contributed by atoms with Gasteiger partial charge in [0.25, 0.3) is 0 Å². The minimum Gasteiger partial charge on any atom is -0.344 e. The third kappa shape index (κ3) is 31.9. The van der Waals surface area contributed by atoms with E-state index in [0.29, 0.717) is 6.16 Å². The largest absolute Gasteiger partial charge is 0.344 e. The summed E-state index contributed by atoms with van der Waals surface area (Å²) in [4.78, 5) is 8.70.